The number of aromatic carboxylic acids is 1. The fourth-order valence-electron chi connectivity index (χ4n) is 2.53. The van der Waals surface area contributed by atoms with Crippen LogP contribution >= 0.6 is 0 Å². The Hall–Kier alpha value is -1.32. The summed E-state index contributed by atoms with van der Waals surface area (Å²) in [7, 11) is 0. The standard InChI is InChI=1S/C12H18N2O2/c1-9-11(12(15)16)14(8-13-9)10-6-4-2-3-5-7-10/h8,10H,2-7H2,1H3,(H,15,16). The van der Waals surface area contributed by atoms with Crippen LogP contribution in [0.5, 0.6) is 0 Å². The first-order chi connectivity index (χ1) is 7.70. The topological polar surface area (TPSA) is 55.1 Å². The van der Waals surface area contributed by atoms with Crippen molar-refractivity contribution < 1.29 is 9.90 Å². The van der Waals surface area contributed by atoms with Gasteiger partial charge in [0, 0.05) is 6.04 Å². The third-order valence-corrected chi connectivity index (χ3v) is 3.40. The lowest BCUT2D eigenvalue weighted by atomic mass is 10.1. The molecule has 1 aliphatic rings. The minimum Gasteiger partial charge on any atom is -0.477 e. The molecule has 0 saturated heterocycles. The molecule has 0 aliphatic heterocycles. The zero-order valence-electron chi connectivity index (χ0n) is 9.65. The van der Waals surface area contributed by atoms with Crippen molar-refractivity contribution in [1.29, 1.82) is 0 Å². The third-order valence-electron chi connectivity index (χ3n) is 3.40. The van der Waals surface area contributed by atoms with Crippen LogP contribution in [0, 0.1) is 6.92 Å². The lowest BCUT2D eigenvalue weighted by molar-refractivity contribution is 0.0681. The molecule has 4 nitrogen and oxygen atoms in total. The van der Waals surface area contributed by atoms with E-state index in [2.05, 4.69) is 4.98 Å². The highest BCUT2D eigenvalue weighted by molar-refractivity contribution is 5.87. The van der Waals surface area contributed by atoms with Crippen LogP contribution in [0.3, 0.4) is 0 Å². The Bertz CT molecular complexity index is 376. The van der Waals surface area contributed by atoms with Gasteiger partial charge in [-0.15, -0.1) is 0 Å². The number of aryl methyl sites for hydroxylation is 1. The zero-order valence-corrected chi connectivity index (χ0v) is 9.65. The number of carbonyl (C=O) groups is 1. The van der Waals surface area contributed by atoms with E-state index in [-0.39, 0.29) is 0 Å². The van der Waals surface area contributed by atoms with E-state index < -0.39 is 5.97 Å². The molecule has 0 radical (unpaired) electrons. The molecule has 88 valence electrons. The Labute approximate surface area is 95.3 Å². The molecule has 1 aromatic rings. The van der Waals surface area contributed by atoms with Crippen molar-refractivity contribution in [2.24, 2.45) is 0 Å². The maximum Gasteiger partial charge on any atom is 0.354 e. The van der Waals surface area contributed by atoms with Crippen LogP contribution in [0.1, 0.15) is 60.7 Å². The second kappa shape index (κ2) is 4.68. The molecule has 0 amide bonds. The predicted octanol–water partition coefficient (Wildman–Crippen LogP) is 2.79. The van der Waals surface area contributed by atoms with Crippen molar-refractivity contribution in [1.82, 2.24) is 9.55 Å². The molecule has 1 aromatic heterocycles. The monoisotopic (exact) mass is 222 g/mol. The lowest BCUT2D eigenvalue weighted by Gasteiger charge is -2.17. The highest BCUT2D eigenvalue weighted by atomic mass is 16.4. The first kappa shape index (κ1) is 11.2. The maximum absolute atomic E-state index is 11.2. The van der Waals surface area contributed by atoms with Gasteiger partial charge in [-0.25, -0.2) is 9.78 Å². The number of rotatable bonds is 2. The highest BCUT2D eigenvalue weighted by Gasteiger charge is 2.21. The summed E-state index contributed by atoms with van der Waals surface area (Å²) in [5.41, 5.74) is 0.989. The van der Waals surface area contributed by atoms with E-state index in [0.29, 0.717) is 17.4 Å². The Balaban J connectivity index is 2.27. The van der Waals surface area contributed by atoms with Gasteiger partial charge in [0.15, 0.2) is 0 Å². The summed E-state index contributed by atoms with van der Waals surface area (Å²) in [5, 5.41) is 9.18. The fourth-order valence-corrected chi connectivity index (χ4v) is 2.53. The molecule has 0 bridgehead atoms. The average Bonchev–Trinajstić information content (AvgIpc) is 2.50. The van der Waals surface area contributed by atoms with E-state index in [0.717, 1.165) is 12.8 Å². The molecule has 2 rings (SSSR count). The van der Waals surface area contributed by atoms with Gasteiger partial charge in [-0.1, -0.05) is 25.7 Å². The van der Waals surface area contributed by atoms with Gasteiger partial charge in [-0.2, -0.15) is 0 Å². The minimum atomic E-state index is -0.862. The number of carboxylic acid groups (broad SMARTS) is 1. The van der Waals surface area contributed by atoms with Crippen LogP contribution in [0.2, 0.25) is 0 Å². The fraction of sp³-hybridized carbons (Fsp3) is 0.667. The van der Waals surface area contributed by atoms with Gasteiger partial charge in [0.25, 0.3) is 0 Å². The van der Waals surface area contributed by atoms with E-state index in [4.69, 9.17) is 0 Å². The first-order valence-corrected chi connectivity index (χ1v) is 5.97. The summed E-state index contributed by atoms with van der Waals surface area (Å²) >= 11 is 0. The number of imidazole rings is 1. The SMILES string of the molecule is Cc1ncn(C2CCCCCC2)c1C(=O)O. The van der Waals surface area contributed by atoms with Crippen LogP contribution in [0.4, 0.5) is 0 Å². The van der Waals surface area contributed by atoms with Gasteiger partial charge in [0.2, 0.25) is 0 Å². The third kappa shape index (κ3) is 2.10. The molecule has 0 unspecified atom stereocenters. The molecule has 0 aromatic carbocycles. The van der Waals surface area contributed by atoms with E-state index in [1.165, 1.54) is 25.7 Å². The molecule has 1 fully saturated rings. The second-order valence-electron chi connectivity index (χ2n) is 4.54. The molecule has 0 atom stereocenters. The van der Waals surface area contributed by atoms with Gasteiger partial charge >= 0.3 is 5.97 Å². The second-order valence-corrected chi connectivity index (χ2v) is 4.54. The average molecular weight is 222 g/mol. The van der Waals surface area contributed by atoms with Gasteiger partial charge < -0.3 is 9.67 Å². The quantitative estimate of drug-likeness (QED) is 0.783. The van der Waals surface area contributed by atoms with Gasteiger partial charge in [-0.05, 0) is 19.8 Å². The van der Waals surface area contributed by atoms with Gasteiger partial charge in [-0.3, -0.25) is 0 Å². The van der Waals surface area contributed by atoms with Crippen molar-refractivity contribution in [3.63, 3.8) is 0 Å². The van der Waals surface area contributed by atoms with Crippen molar-refractivity contribution in [3.05, 3.63) is 17.7 Å². The van der Waals surface area contributed by atoms with Gasteiger partial charge in [0.05, 0.1) is 12.0 Å². The van der Waals surface area contributed by atoms with E-state index in [9.17, 15) is 9.90 Å². The van der Waals surface area contributed by atoms with Crippen LogP contribution in [0.25, 0.3) is 0 Å². The summed E-state index contributed by atoms with van der Waals surface area (Å²) in [5.74, 6) is -0.862. The van der Waals surface area contributed by atoms with Crippen LogP contribution in [-0.4, -0.2) is 20.6 Å². The molecule has 1 N–H and O–H groups in total. The van der Waals surface area contributed by atoms with E-state index in [1.54, 1.807) is 13.3 Å². The normalized spacial score (nSPS) is 18.3. The summed E-state index contributed by atoms with van der Waals surface area (Å²) in [6, 6.07) is 0.329. The smallest absolute Gasteiger partial charge is 0.354 e. The minimum absolute atomic E-state index is 0.329. The number of carboxylic acids is 1. The van der Waals surface area contributed by atoms with Crippen LogP contribution in [0.15, 0.2) is 6.33 Å². The maximum atomic E-state index is 11.2. The number of aromatic nitrogens is 2. The molecular weight excluding hydrogens is 204 g/mol. The zero-order chi connectivity index (χ0) is 11.5. The molecular formula is C12H18N2O2. The molecule has 1 saturated carbocycles. The molecule has 0 spiro atoms. The van der Waals surface area contributed by atoms with Crippen molar-refractivity contribution >= 4 is 5.97 Å². The molecule has 1 heterocycles. The highest BCUT2D eigenvalue weighted by Crippen LogP contribution is 2.28. The van der Waals surface area contributed by atoms with Crippen molar-refractivity contribution in [3.8, 4) is 0 Å². The number of hydrogen-bond donors (Lipinski definition) is 1. The van der Waals surface area contributed by atoms with Crippen molar-refractivity contribution in [2.75, 3.05) is 0 Å². The summed E-state index contributed by atoms with van der Waals surface area (Å²) < 4.78 is 1.86. The predicted molar refractivity (Wildman–Crippen MR) is 60.7 cm³/mol. The Morgan fingerprint density at radius 2 is 2.00 bits per heavy atom. The molecule has 16 heavy (non-hydrogen) atoms. The molecule has 1 aliphatic carbocycles. The van der Waals surface area contributed by atoms with E-state index >= 15 is 0 Å². The number of nitrogens with zero attached hydrogens (tertiary/aromatic N) is 2. The summed E-state index contributed by atoms with van der Waals surface area (Å²) in [6.07, 6.45) is 8.78. The number of hydrogen-bond acceptors (Lipinski definition) is 2. The lowest BCUT2D eigenvalue weighted by Crippen LogP contribution is -2.14. The van der Waals surface area contributed by atoms with Crippen molar-refractivity contribution in [2.45, 2.75) is 51.5 Å². The Morgan fingerprint density at radius 1 is 1.38 bits per heavy atom. The summed E-state index contributed by atoms with van der Waals surface area (Å²) in [4.78, 5) is 15.3. The van der Waals surface area contributed by atoms with Crippen LogP contribution in [-0.2, 0) is 0 Å². The Morgan fingerprint density at radius 3 is 2.56 bits per heavy atom. The van der Waals surface area contributed by atoms with E-state index in [1.807, 2.05) is 4.57 Å². The first-order valence-electron chi connectivity index (χ1n) is 5.97. The Kier molecular flexibility index (Phi) is 3.27. The van der Waals surface area contributed by atoms with Crippen LogP contribution < -0.4 is 0 Å². The molecule has 4 heteroatoms. The van der Waals surface area contributed by atoms with Gasteiger partial charge in [0.1, 0.15) is 5.69 Å². The largest absolute Gasteiger partial charge is 0.477 e. The summed E-state index contributed by atoms with van der Waals surface area (Å²) in [6.45, 7) is 1.76.